The molecule has 3 nitrogen and oxygen atoms in total. The molecule has 3 rings (SSSR count). The lowest BCUT2D eigenvalue weighted by molar-refractivity contribution is 0.354. The second-order valence-electron chi connectivity index (χ2n) is 5.62. The van der Waals surface area contributed by atoms with Gasteiger partial charge in [0.05, 0.1) is 19.2 Å². The van der Waals surface area contributed by atoms with E-state index in [4.69, 9.17) is 26.8 Å². The van der Waals surface area contributed by atoms with Crippen LogP contribution in [0.1, 0.15) is 31.2 Å². The summed E-state index contributed by atoms with van der Waals surface area (Å²) < 4.78 is 10.6. The van der Waals surface area contributed by atoms with E-state index in [1.54, 1.807) is 14.2 Å². The summed E-state index contributed by atoms with van der Waals surface area (Å²) in [6.07, 6.45) is 5.04. The second-order valence-corrected chi connectivity index (χ2v) is 6.03. The Kier molecular flexibility index (Phi) is 3.14. The zero-order valence-electron chi connectivity index (χ0n) is 11.4. The fourth-order valence-electron chi connectivity index (χ4n) is 3.77. The molecule has 1 aromatic rings. The second kappa shape index (κ2) is 4.57. The van der Waals surface area contributed by atoms with Crippen molar-refractivity contribution < 1.29 is 9.47 Å². The molecule has 2 aliphatic rings. The summed E-state index contributed by atoms with van der Waals surface area (Å²) in [6, 6.07) is 3.93. The summed E-state index contributed by atoms with van der Waals surface area (Å²) in [5.41, 5.74) is 7.53. The van der Waals surface area contributed by atoms with Crippen molar-refractivity contribution in [3.05, 3.63) is 22.7 Å². The SMILES string of the molecule is COc1cc(C2(N)C3CCCCC32)cc(Cl)c1OC. The highest BCUT2D eigenvalue weighted by molar-refractivity contribution is 6.32. The summed E-state index contributed by atoms with van der Waals surface area (Å²) >= 11 is 6.28. The van der Waals surface area contributed by atoms with E-state index in [0.717, 1.165) is 5.56 Å². The predicted molar refractivity (Wildman–Crippen MR) is 75.9 cm³/mol. The number of hydrogen-bond acceptors (Lipinski definition) is 3. The first kappa shape index (κ1) is 13.1. The van der Waals surface area contributed by atoms with E-state index in [0.29, 0.717) is 28.4 Å². The third kappa shape index (κ3) is 1.83. The fraction of sp³-hybridized carbons (Fsp3) is 0.600. The topological polar surface area (TPSA) is 44.5 Å². The minimum atomic E-state index is -0.209. The molecule has 2 fully saturated rings. The van der Waals surface area contributed by atoms with Gasteiger partial charge < -0.3 is 15.2 Å². The average Bonchev–Trinajstić information content (AvgIpc) is 3.05. The summed E-state index contributed by atoms with van der Waals surface area (Å²) in [5.74, 6) is 2.46. The molecule has 2 saturated carbocycles. The van der Waals surface area contributed by atoms with Crippen LogP contribution in [0, 0.1) is 11.8 Å². The highest BCUT2D eigenvalue weighted by atomic mass is 35.5. The van der Waals surface area contributed by atoms with Gasteiger partial charge in [-0.1, -0.05) is 24.4 Å². The van der Waals surface area contributed by atoms with E-state index in [1.807, 2.05) is 12.1 Å². The molecule has 104 valence electrons. The van der Waals surface area contributed by atoms with Gasteiger partial charge in [-0.05, 0) is 42.4 Å². The Balaban J connectivity index is 2.00. The van der Waals surface area contributed by atoms with E-state index in [2.05, 4.69) is 0 Å². The van der Waals surface area contributed by atoms with Gasteiger partial charge in [-0.2, -0.15) is 0 Å². The van der Waals surface area contributed by atoms with Gasteiger partial charge in [-0.15, -0.1) is 0 Å². The van der Waals surface area contributed by atoms with E-state index < -0.39 is 0 Å². The zero-order valence-corrected chi connectivity index (χ0v) is 12.2. The summed E-state index contributed by atoms with van der Waals surface area (Å²) in [7, 11) is 3.22. The van der Waals surface area contributed by atoms with Crippen LogP contribution in [0.2, 0.25) is 5.02 Å². The number of methoxy groups -OCH3 is 2. The average molecular weight is 282 g/mol. The molecule has 0 bridgehead atoms. The standard InChI is InChI=1S/C15H20ClNO2/c1-18-13-8-9(7-12(16)14(13)19-2)15(17)10-5-3-4-6-11(10)15/h7-8,10-11H,3-6,17H2,1-2H3. The number of fused-ring (bicyclic) bond motifs is 1. The molecule has 0 aromatic heterocycles. The van der Waals surface area contributed by atoms with Crippen LogP contribution in [0.15, 0.2) is 12.1 Å². The van der Waals surface area contributed by atoms with Gasteiger partial charge in [0.1, 0.15) is 0 Å². The number of benzene rings is 1. The third-order valence-corrected chi connectivity index (χ3v) is 5.10. The van der Waals surface area contributed by atoms with Crippen molar-refractivity contribution in [1.82, 2.24) is 0 Å². The number of ether oxygens (including phenoxy) is 2. The molecule has 0 aliphatic heterocycles. The molecular weight excluding hydrogens is 262 g/mol. The molecule has 4 heteroatoms. The Morgan fingerprint density at radius 3 is 2.32 bits per heavy atom. The largest absolute Gasteiger partial charge is 0.493 e. The Labute approximate surface area is 119 Å². The van der Waals surface area contributed by atoms with Crippen LogP contribution in [0.25, 0.3) is 0 Å². The predicted octanol–water partition coefficient (Wildman–Crippen LogP) is 3.33. The molecule has 2 atom stereocenters. The van der Waals surface area contributed by atoms with Gasteiger partial charge >= 0.3 is 0 Å². The van der Waals surface area contributed by atoms with E-state index in [-0.39, 0.29) is 5.54 Å². The third-order valence-electron chi connectivity index (χ3n) is 4.82. The normalized spacial score (nSPS) is 32.6. The van der Waals surface area contributed by atoms with Crippen LogP contribution in [0.4, 0.5) is 0 Å². The maximum absolute atomic E-state index is 6.65. The van der Waals surface area contributed by atoms with Gasteiger partial charge in [-0.3, -0.25) is 0 Å². The Morgan fingerprint density at radius 1 is 1.16 bits per heavy atom. The minimum absolute atomic E-state index is 0.209. The first-order valence-electron chi connectivity index (χ1n) is 6.83. The van der Waals surface area contributed by atoms with Crippen LogP contribution in [-0.2, 0) is 5.54 Å². The highest BCUT2D eigenvalue weighted by Gasteiger charge is 2.62. The van der Waals surface area contributed by atoms with Gasteiger partial charge in [0.2, 0.25) is 0 Å². The molecular formula is C15H20ClNO2. The molecule has 1 aromatic carbocycles. The Hall–Kier alpha value is -0.930. The lowest BCUT2D eigenvalue weighted by Gasteiger charge is -2.17. The molecule has 2 aliphatic carbocycles. The van der Waals surface area contributed by atoms with Crippen molar-refractivity contribution in [3.8, 4) is 11.5 Å². The Morgan fingerprint density at radius 2 is 1.79 bits per heavy atom. The number of halogens is 1. The first-order valence-corrected chi connectivity index (χ1v) is 7.21. The maximum Gasteiger partial charge on any atom is 0.179 e. The van der Waals surface area contributed by atoms with Gasteiger partial charge in [0.15, 0.2) is 11.5 Å². The quantitative estimate of drug-likeness (QED) is 0.924. The smallest absolute Gasteiger partial charge is 0.179 e. The van der Waals surface area contributed by atoms with Gasteiger partial charge in [-0.25, -0.2) is 0 Å². The molecule has 19 heavy (non-hydrogen) atoms. The van der Waals surface area contributed by atoms with Crippen LogP contribution in [0.5, 0.6) is 11.5 Å². The zero-order chi connectivity index (χ0) is 13.6. The van der Waals surface area contributed by atoms with Gasteiger partial charge in [0.25, 0.3) is 0 Å². The number of hydrogen-bond donors (Lipinski definition) is 1. The molecule has 0 spiro atoms. The lowest BCUT2D eigenvalue weighted by atomic mass is 10.0. The number of rotatable bonds is 3. The molecule has 0 radical (unpaired) electrons. The van der Waals surface area contributed by atoms with Gasteiger partial charge in [0, 0.05) is 5.54 Å². The molecule has 0 saturated heterocycles. The summed E-state index contributed by atoms with van der Waals surface area (Å²) in [5, 5.41) is 0.574. The maximum atomic E-state index is 6.65. The number of nitrogens with two attached hydrogens (primary N) is 1. The van der Waals surface area contributed by atoms with Crippen molar-refractivity contribution in [2.75, 3.05) is 14.2 Å². The Bertz CT molecular complexity index is 491. The monoisotopic (exact) mass is 281 g/mol. The van der Waals surface area contributed by atoms with Crippen molar-refractivity contribution in [1.29, 1.82) is 0 Å². The van der Waals surface area contributed by atoms with Crippen molar-refractivity contribution >= 4 is 11.6 Å². The molecule has 0 amide bonds. The van der Waals surface area contributed by atoms with E-state index in [1.165, 1.54) is 25.7 Å². The van der Waals surface area contributed by atoms with E-state index >= 15 is 0 Å². The van der Waals surface area contributed by atoms with Crippen molar-refractivity contribution in [2.45, 2.75) is 31.2 Å². The van der Waals surface area contributed by atoms with E-state index in [9.17, 15) is 0 Å². The van der Waals surface area contributed by atoms with Crippen molar-refractivity contribution in [3.63, 3.8) is 0 Å². The van der Waals surface area contributed by atoms with Crippen LogP contribution in [0.3, 0.4) is 0 Å². The lowest BCUT2D eigenvalue weighted by Crippen LogP contribution is -2.24. The minimum Gasteiger partial charge on any atom is -0.493 e. The summed E-state index contributed by atoms with van der Waals surface area (Å²) in [6.45, 7) is 0. The molecule has 2 unspecified atom stereocenters. The summed E-state index contributed by atoms with van der Waals surface area (Å²) in [4.78, 5) is 0. The molecule has 0 heterocycles. The van der Waals surface area contributed by atoms with Crippen molar-refractivity contribution in [2.24, 2.45) is 17.6 Å². The van der Waals surface area contributed by atoms with Crippen LogP contribution < -0.4 is 15.2 Å². The highest BCUT2D eigenvalue weighted by Crippen LogP contribution is 2.63. The van der Waals surface area contributed by atoms with Crippen LogP contribution >= 0.6 is 11.6 Å². The molecule has 2 N–H and O–H groups in total. The first-order chi connectivity index (χ1) is 9.12. The fourth-order valence-corrected chi connectivity index (χ4v) is 4.06. The van der Waals surface area contributed by atoms with Crippen LogP contribution in [-0.4, -0.2) is 14.2 Å².